The molecular weight excluding hydrogens is 247 g/mol. The first kappa shape index (κ1) is 16.7. The third kappa shape index (κ3) is 3.38. The molecule has 0 spiro atoms. The second kappa shape index (κ2) is 5.96. The Morgan fingerprint density at radius 3 is 1.13 bits per heavy atom. The molecule has 0 aliphatic heterocycles. The molecule has 0 N–H and O–H groups in total. The first-order valence-corrected chi connectivity index (χ1v) is 2.80. The zero-order chi connectivity index (χ0) is 11.5. The molecule has 13 heteroatoms. The van der Waals surface area contributed by atoms with Gasteiger partial charge in [-0.05, 0) is 0 Å². The van der Waals surface area contributed by atoms with Crippen LogP contribution in [0.15, 0.2) is 0 Å². The van der Waals surface area contributed by atoms with E-state index in [4.69, 9.17) is 0 Å². The van der Waals surface area contributed by atoms with Crippen molar-refractivity contribution in [1.29, 1.82) is 0 Å². The number of nitrogens with zero attached hydrogens (tertiary/aromatic N) is 4. The Hall–Kier alpha value is -0.764. The van der Waals surface area contributed by atoms with Crippen molar-refractivity contribution in [2.45, 2.75) is 5.79 Å². The zero-order valence-electron chi connectivity index (χ0n) is 7.26. The molecule has 0 heterocycles. The largest absolute Gasteiger partial charge is 1.00 e. The van der Waals surface area contributed by atoms with Gasteiger partial charge in [0.15, 0.2) is 14.8 Å². The maximum absolute atomic E-state index is 10.1. The molecule has 78 valence electrons. The molecule has 0 aliphatic carbocycles. The van der Waals surface area contributed by atoms with Crippen LogP contribution < -0.4 is 51.4 Å². The van der Waals surface area contributed by atoms with Crippen LogP contribution in [0.5, 0.6) is 0 Å². The fourth-order valence-electron chi connectivity index (χ4n) is 0.546. The van der Waals surface area contributed by atoms with Gasteiger partial charge < -0.3 is 0 Å². The van der Waals surface area contributed by atoms with E-state index in [1.165, 1.54) is 0 Å². The molecule has 0 radical (unpaired) electrons. The fraction of sp³-hybridized carbons (Fsp3) is 1.00. The number of rotatable bonds is 5. The van der Waals surface area contributed by atoms with Gasteiger partial charge in [0.05, 0.1) is 0 Å². The molecule has 0 amide bonds. The quantitative estimate of drug-likeness (QED) is 0.204. The summed E-state index contributed by atoms with van der Waals surface area (Å²) in [6.07, 6.45) is 0. The molecule has 0 unspecified atom stereocenters. The second-order valence-electron chi connectivity index (χ2n) is 2.04. The van der Waals surface area contributed by atoms with Gasteiger partial charge in [-0.2, -0.15) is 0 Å². The SMILES string of the molecule is O=[N+]([O-])CC([N+](=O)[O-])([N+](=O)[O-])[N+](=O)[O-].[K+]. The van der Waals surface area contributed by atoms with Crippen molar-refractivity contribution in [2.75, 3.05) is 6.54 Å². The molecule has 0 aromatic heterocycles. The van der Waals surface area contributed by atoms with Crippen LogP contribution in [0.2, 0.25) is 0 Å². The van der Waals surface area contributed by atoms with Crippen molar-refractivity contribution in [3.8, 4) is 0 Å². The number of nitro groups is 4. The van der Waals surface area contributed by atoms with Gasteiger partial charge in [-0.3, -0.25) is 40.5 Å². The van der Waals surface area contributed by atoms with Gasteiger partial charge in [0, 0.05) is 4.92 Å². The van der Waals surface area contributed by atoms with Crippen LogP contribution in [-0.2, 0) is 0 Å². The van der Waals surface area contributed by atoms with Crippen LogP contribution in [0, 0.1) is 40.5 Å². The average Bonchev–Trinajstić information content (AvgIpc) is 1.97. The summed E-state index contributed by atoms with van der Waals surface area (Å²) in [7, 11) is 0. The van der Waals surface area contributed by atoms with E-state index in [2.05, 4.69) is 0 Å². The molecule has 0 bridgehead atoms. The Morgan fingerprint density at radius 2 is 1.07 bits per heavy atom. The van der Waals surface area contributed by atoms with Gasteiger partial charge in [-0.15, -0.1) is 0 Å². The van der Waals surface area contributed by atoms with E-state index in [9.17, 15) is 40.5 Å². The second-order valence-corrected chi connectivity index (χ2v) is 2.04. The van der Waals surface area contributed by atoms with Gasteiger partial charge in [0.1, 0.15) is 0 Å². The van der Waals surface area contributed by atoms with E-state index >= 15 is 0 Å². The van der Waals surface area contributed by atoms with Crippen molar-refractivity contribution in [3.63, 3.8) is 0 Å². The van der Waals surface area contributed by atoms with E-state index < -0.39 is 32.0 Å². The topological polar surface area (TPSA) is 173 Å². The van der Waals surface area contributed by atoms with Crippen LogP contribution >= 0.6 is 0 Å². The third-order valence-electron chi connectivity index (χ3n) is 1.22. The predicted molar refractivity (Wildman–Crippen MR) is 35.6 cm³/mol. The maximum atomic E-state index is 10.1. The summed E-state index contributed by atoms with van der Waals surface area (Å²) in [5, 5.41) is 40.0. The maximum Gasteiger partial charge on any atom is 1.00 e. The summed E-state index contributed by atoms with van der Waals surface area (Å²) in [6, 6.07) is 0. The first-order chi connectivity index (χ1) is 6.25. The molecule has 12 nitrogen and oxygen atoms in total. The van der Waals surface area contributed by atoms with Crippen molar-refractivity contribution < 1.29 is 71.1 Å². The molecule has 0 aromatic carbocycles. The van der Waals surface area contributed by atoms with Crippen molar-refractivity contribution in [1.82, 2.24) is 0 Å². The molecule has 0 saturated carbocycles. The normalized spacial score (nSPS) is 9.87. The van der Waals surface area contributed by atoms with E-state index in [0.717, 1.165) is 0 Å². The van der Waals surface area contributed by atoms with E-state index in [0.29, 0.717) is 0 Å². The van der Waals surface area contributed by atoms with Crippen LogP contribution in [0.1, 0.15) is 0 Å². The summed E-state index contributed by atoms with van der Waals surface area (Å²) in [5.41, 5.74) is 0. The molecular formula is C2H2KN4O8+. The molecule has 0 aromatic rings. The summed E-state index contributed by atoms with van der Waals surface area (Å²) in [6.45, 7) is -2.01. The van der Waals surface area contributed by atoms with Crippen molar-refractivity contribution in [3.05, 3.63) is 40.5 Å². The third-order valence-corrected chi connectivity index (χ3v) is 1.22. The fourth-order valence-corrected chi connectivity index (χ4v) is 0.546. The standard InChI is InChI=1S/C2H2N4O8.K/c7-3(8)1-2(4(9)10,5(11)12)6(13)14;/h1H2;/q;+1. The molecule has 0 fully saturated rings. The van der Waals surface area contributed by atoms with Gasteiger partial charge in [0.2, 0.25) is 0 Å². The smallest absolute Gasteiger partial charge is 0.264 e. The Labute approximate surface area is 123 Å². The van der Waals surface area contributed by atoms with Gasteiger partial charge in [-0.1, -0.05) is 0 Å². The Morgan fingerprint density at radius 1 is 0.800 bits per heavy atom. The van der Waals surface area contributed by atoms with Crippen molar-refractivity contribution in [2.24, 2.45) is 0 Å². The minimum Gasteiger partial charge on any atom is -0.264 e. The van der Waals surface area contributed by atoms with Gasteiger partial charge in [0.25, 0.3) is 0 Å². The molecule has 0 rings (SSSR count). The molecule has 0 saturated heterocycles. The summed E-state index contributed by atoms with van der Waals surface area (Å²) >= 11 is 0. The monoisotopic (exact) mass is 249 g/mol. The molecule has 0 atom stereocenters. The van der Waals surface area contributed by atoms with Crippen LogP contribution in [-0.4, -0.2) is 32.0 Å². The predicted octanol–water partition coefficient (Wildman–Crippen LogP) is -4.25. The Kier molecular flexibility index (Phi) is 6.62. The minimum absolute atomic E-state index is 0. The average molecular weight is 249 g/mol. The van der Waals surface area contributed by atoms with Crippen LogP contribution in [0.25, 0.3) is 0 Å². The van der Waals surface area contributed by atoms with E-state index in [-0.39, 0.29) is 51.4 Å². The van der Waals surface area contributed by atoms with Gasteiger partial charge in [-0.25, -0.2) is 0 Å². The summed E-state index contributed by atoms with van der Waals surface area (Å²) in [4.78, 5) is 32.8. The van der Waals surface area contributed by atoms with E-state index in [1.54, 1.807) is 0 Å². The number of hydrogen-bond donors (Lipinski definition) is 0. The van der Waals surface area contributed by atoms with Crippen LogP contribution in [0.3, 0.4) is 0 Å². The van der Waals surface area contributed by atoms with Gasteiger partial charge >= 0.3 is 63.7 Å². The first-order valence-electron chi connectivity index (χ1n) is 2.80. The molecule has 15 heavy (non-hydrogen) atoms. The Bertz CT molecular complexity index is 278. The minimum atomic E-state index is -4.01. The van der Waals surface area contributed by atoms with E-state index in [1.807, 2.05) is 0 Å². The van der Waals surface area contributed by atoms with Crippen molar-refractivity contribution >= 4 is 0 Å². The molecule has 0 aliphatic rings. The number of hydrogen-bond acceptors (Lipinski definition) is 8. The van der Waals surface area contributed by atoms with Crippen LogP contribution in [0.4, 0.5) is 0 Å². The Balaban J connectivity index is 0. The zero-order valence-corrected chi connectivity index (χ0v) is 10.4. The summed E-state index contributed by atoms with van der Waals surface area (Å²) < 4.78 is 0. The summed E-state index contributed by atoms with van der Waals surface area (Å²) in [5.74, 6) is -4.01.